The van der Waals surface area contributed by atoms with Crippen LogP contribution in [0.25, 0.3) is 5.57 Å². The Morgan fingerprint density at radius 1 is 0.930 bits per heavy atom. The molecule has 0 radical (unpaired) electrons. The molecule has 1 saturated carbocycles. The van der Waals surface area contributed by atoms with Gasteiger partial charge >= 0.3 is 26.2 Å². The fourth-order valence-corrected chi connectivity index (χ4v) is 9.22. The molecule has 0 saturated heterocycles. The number of allylic oxidation sites excluding steroid dienone is 10. The molecule has 0 aromatic heterocycles. The van der Waals surface area contributed by atoms with E-state index in [1.165, 1.54) is 35.1 Å². The first-order valence-electron chi connectivity index (χ1n) is 15.8. The summed E-state index contributed by atoms with van der Waals surface area (Å²) in [6.07, 6.45) is 14.2. The third kappa shape index (κ3) is 5.42. The second kappa shape index (κ2) is 12.5. The van der Waals surface area contributed by atoms with Crippen molar-refractivity contribution in [1.82, 2.24) is 0 Å². The van der Waals surface area contributed by atoms with Crippen LogP contribution in [0, 0.1) is 50.9 Å². The van der Waals surface area contributed by atoms with Crippen molar-refractivity contribution < 1.29 is 51.0 Å². The smallest absolute Gasteiger partial charge is 1.00 e. The van der Waals surface area contributed by atoms with Gasteiger partial charge < -0.3 is 24.8 Å². The van der Waals surface area contributed by atoms with Crippen molar-refractivity contribution in [1.29, 1.82) is 0 Å². The first kappa shape index (κ1) is 38.4. The Kier molecular flexibility index (Phi) is 11.1. The van der Waals surface area contributed by atoms with E-state index in [1.807, 2.05) is 0 Å². The molecule has 5 aliphatic rings. The molecule has 3 unspecified atom stereocenters. The maximum absolute atomic E-state index is 3.40. The summed E-state index contributed by atoms with van der Waals surface area (Å²) in [5.41, 5.74) is 13.4. The Hall–Kier alpha value is -0.747. The normalized spacial score (nSPS) is 28.8. The van der Waals surface area contributed by atoms with Gasteiger partial charge in [0.1, 0.15) is 0 Å². The minimum absolute atomic E-state index is 0. The Morgan fingerprint density at radius 2 is 1.53 bits per heavy atom. The van der Waals surface area contributed by atoms with Crippen molar-refractivity contribution in [3.8, 4) is 0 Å². The molecule has 5 aliphatic carbocycles. The van der Waals surface area contributed by atoms with Gasteiger partial charge in [0.05, 0.1) is 0 Å². The molecule has 0 nitrogen and oxygen atoms in total. The molecule has 1 aromatic carbocycles. The maximum atomic E-state index is 3.40. The van der Waals surface area contributed by atoms with Crippen LogP contribution in [0.5, 0.6) is 0 Å². The Morgan fingerprint density at radius 3 is 2.07 bits per heavy atom. The van der Waals surface area contributed by atoms with Crippen LogP contribution in [-0.2, 0) is 32.6 Å². The van der Waals surface area contributed by atoms with Crippen LogP contribution in [0.2, 0.25) is 0 Å². The molecule has 0 heterocycles. The van der Waals surface area contributed by atoms with Crippen molar-refractivity contribution >= 4 is 5.57 Å². The van der Waals surface area contributed by atoms with E-state index >= 15 is 0 Å². The average molecular weight is 697 g/mol. The Labute approximate surface area is 296 Å². The predicted molar refractivity (Wildman–Crippen MR) is 173 cm³/mol. The van der Waals surface area contributed by atoms with Gasteiger partial charge in [-0.1, -0.05) is 159 Å². The van der Waals surface area contributed by atoms with Gasteiger partial charge in [-0.15, -0.1) is 6.92 Å². The molecular weight excluding hydrogens is 643 g/mol. The van der Waals surface area contributed by atoms with E-state index < -0.39 is 0 Å². The molecule has 0 bridgehead atoms. The van der Waals surface area contributed by atoms with E-state index in [0.717, 1.165) is 6.42 Å². The molecular formula is C40H54Cl2Zr. The van der Waals surface area contributed by atoms with E-state index in [4.69, 9.17) is 0 Å². The van der Waals surface area contributed by atoms with E-state index in [2.05, 4.69) is 139 Å². The molecule has 6 rings (SSSR count). The van der Waals surface area contributed by atoms with E-state index in [-0.39, 0.29) is 72.7 Å². The number of rotatable bonds is 0. The monoisotopic (exact) mass is 694 g/mol. The molecule has 0 amide bonds. The zero-order valence-corrected chi connectivity index (χ0v) is 33.0. The number of hydrogen-bond acceptors (Lipinski definition) is 0. The van der Waals surface area contributed by atoms with Crippen LogP contribution >= 0.6 is 0 Å². The van der Waals surface area contributed by atoms with Crippen LogP contribution in [0.15, 0.2) is 70.4 Å². The first-order chi connectivity index (χ1) is 18.4. The summed E-state index contributed by atoms with van der Waals surface area (Å²) in [6.45, 7) is 31.4. The molecule has 3 atom stereocenters. The number of hydrogen-bond donors (Lipinski definition) is 0. The van der Waals surface area contributed by atoms with Gasteiger partial charge in [0.25, 0.3) is 0 Å². The fourth-order valence-electron chi connectivity index (χ4n) is 9.22. The molecule has 1 aromatic rings. The summed E-state index contributed by atoms with van der Waals surface area (Å²) in [5.74, 6) is 2.76. The molecule has 0 N–H and O–H groups in total. The van der Waals surface area contributed by atoms with Crippen molar-refractivity contribution in [2.24, 2.45) is 38.9 Å². The standard InChI is InChI=1S/C29H37.C11H17.2ClH.Zr/c1-18-25-22-17-19-13-9-10-14-20(19)24(22)21-15-11-12-16-23(21)29(25,8)28(6,7)27(4,5)26(18,2)3;1-8-6-9(2)10(7-8)11(3,4)5;;;/h9-11,13-15,23H,12,16-17H2,1-8H3;7-8H,1-5H3;2*1H;/q2*-1;;;+4/p-2. The van der Waals surface area contributed by atoms with Crippen LogP contribution in [-0.4, -0.2) is 0 Å². The van der Waals surface area contributed by atoms with Gasteiger partial charge in [-0.25, -0.2) is 11.5 Å². The summed E-state index contributed by atoms with van der Waals surface area (Å²) in [5, 5.41) is 0. The minimum Gasteiger partial charge on any atom is -1.00 e. The van der Waals surface area contributed by atoms with Gasteiger partial charge in [-0.05, 0) is 40.6 Å². The van der Waals surface area contributed by atoms with E-state index in [1.54, 1.807) is 28.2 Å². The first-order valence-corrected chi connectivity index (χ1v) is 15.8. The predicted octanol–water partition coefficient (Wildman–Crippen LogP) is 5.33. The molecule has 0 spiro atoms. The van der Waals surface area contributed by atoms with Gasteiger partial charge in [-0.3, -0.25) is 6.08 Å². The number of halogens is 2. The Balaban J connectivity index is 0.000000396. The number of benzene rings is 1. The number of fused-ring (bicyclic) bond motifs is 6. The zero-order valence-electron chi connectivity index (χ0n) is 29.1. The van der Waals surface area contributed by atoms with E-state index in [9.17, 15) is 0 Å². The third-order valence-corrected chi connectivity index (χ3v) is 12.9. The van der Waals surface area contributed by atoms with E-state index in [0.29, 0.717) is 17.3 Å². The summed E-state index contributed by atoms with van der Waals surface area (Å²) in [4.78, 5) is 0. The van der Waals surface area contributed by atoms with Gasteiger partial charge in [0.15, 0.2) is 0 Å². The largest absolute Gasteiger partial charge is 4.00 e. The van der Waals surface area contributed by atoms with Crippen molar-refractivity contribution in [3.05, 3.63) is 93.5 Å². The summed E-state index contributed by atoms with van der Waals surface area (Å²) in [7, 11) is 0. The van der Waals surface area contributed by atoms with Gasteiger partial charge in [-0.2, -0.15) is 22.8 Å². The van der Waals surface area contributed by atoms with Crippen molar-refractivity contribution in [2.75, 3.05) is 0 Å². The topological polar surface area (TPSA) is 0 Å². The van der Waals surface area contributed by atoms with Crippen molar-refractivity contribution in [3.63, 3.8) is 0 Å². The van der Waals surface area contributed by atoms with Crippen molar-refractivity contribution in [2.45, 2.75) is 109 Å². The molecule has 3 heteroatoms. The van der Waals surface area contributed by atoms with Gasteiger partial charge in [0.2, 0.25) is 0 Å². The van der Waals surface area contributed by atoms with Crippen LogP contribution in [0.1, 0.15) is 114 Å². The molecule has 232 valence electrons. The zero-order chi connectivity index (χ0) is 29.6. The molecule has 43 heavy (non-hydrogen) atoms. The SMILES string of the molecule is CC1=[C-]C(C)C=C1C(C)(C)C.C[C-]1C2=C3Cc4ccccc4C3=C3C=CCCC3C2(C)C(C)(C)C(C)(C)C1(C)C.[Cl-].[Cl-].[Zr+4]. The third-order valence-electron chi connectivity index (χ3n) is 12.9. The average Bonchev–Trinajstić information content (AvgIpc) is 3.42. The molecule has 1 fully saturated rings. The second-order valence-electron chi connectivity index (χ2n) is 16.1. The second-order valence-corrected chi connectivity index (χ2v) is 16.1. The fraction of sp³-hybridized carbons (Fsp3) is 0.575. The minimum atomic E-state index is 0. The van der Waals surface area contributed by atoms with Crippen LogP contribution in [0.4, 0.5) is 0 Å². The summed E-state index contributed by atoms with van der Waals surface area (Å²) < 4.78 is 0. The Bertz CT molecular complexity index is 1390. The summed E-state index contributed by atoms with van der Waals surface area (Å²) in [6, 6.07) is 9.16. The van der Waals surface area contributed by atoms with Crippen LogP contribution < -0.4 is 24.8 Å². The maximum Gasteiger partial charge on any atom is 4.00 e. The summed E-state index contributed by atoms with van der Waals surface area (Å²) >= 11 is 0. The quantitative estimate of drug-likeness (QED) is 0.322. The van der Waals surface area contributed by atoms with Crippen LogP contribution in [0.3, 0.4) is 0 Å². The van der Waals surface area contributed by atoms with Gasteiger partial charge in [0, 0.05) is 0 Å². The molecule has 0 aliphatic heterocycles.